The van der Waals surface area contributed by atoms with Crippen LogP contribution in [0.3, 0.4) is 0 Å². The summed E-state index contributed by atoms with van der Waals surface area (Å²) in [4.78, 5) is 21.4. The van der Waals surface area contributed by atoms with Gasteiger partial charge in [0.2, 0.25) is 0 Å². The largest absolute Gasteiger partial charge is 0.476 e. The minimum Gasteiger partial charge on any atom is -0.476 e. The Morgan fingerprint density at radius 2 is 2.12 bits per heavy atom. The van der Waals surface area contributed by atoms with Gasteiger partial charge in [-0.15, -0.1) is 0 Å². The molecule has 1 rings (SSSR count). The quantitative estimate of drug-likeness (QED) is 0.579. The van der Waals surface area contributed by atoms with Crippen LogP contribution in [-0.4, -0.2) is 16.8 Å². The molecule has 0 spiro atoms. The number of hydrogen-bond donors (Lipinski definition) is 0. The fourth-order valence-electron chi connectivity index (χ4n) is 1.23. The third-order valence-electron chi connectivity index (χ3n) is 2.26. The molecule has 0 aromatic heterocycles. The number of carbonyl (C=O) groups is 1. The highest BCUT2D eigenvalue weighted by atomic mass is 16.6. The van der Waals surface area contributed by atoms with Gasteiger partial charge in [-0.1, -0.05) is 12.1 Å². The fraction of sp³-hybridized carbons (Fsp3) is 0.364. The first-order chi connectivity index (χ1) is 7.43. The second kappa shape index (κ2) is 4.74. The van der Waals surface area contributed by atoms with Gasteiger partial charge in [0.1, 0.15) is 0 Å². The number of nitrogens with zero attached hydrogens (tertiary/aromatic N) is 1. The first-order valence-electron chi connectivity index (χ1n) is 4.84. The SMILES string of the molecule is CC(=O)C(C)Oc1cccc(C)c1[N+](=O)[O-]. The summed E-state index contributed by atoms with van der Waals surface area (Å²) in [5, 5.41) is 10.8. The zero-order chi connectivity index (χ0) is 12.3. The molecule has 0 amide bonds. The van der Waals surface area contributed by atoms with Crippen LogP contribution in [-0.2, 0) is 4.79 Å². The molecule has 0 aliphatic rings. The molecule has 0 fully saturated rings. The molecule has 0 saturated heterocycles. The maximum Gasteiger partial charge on any atom is 0.313 e. The number of Topliss-reactive ketones (excluding diaryl/α,β-unsaturated/α-hetero) is 1. The van der Waals surface area contributed by atoms with Crippen LogP contribution in [0.1, 0.15) is 19.4 Å². The molecule has 1 unspecified atom stereocenters. The van der Waals surface area contributed by atoms with Crippen molar-refractivity contribution in [3.8, 4) is 5.75 Å². The highest BCUT2D eigenvalue weighted by molar-refractivity contribution is 5.80. The Morgan fingerprint density at radius 1 is 1.50 bits per heavy atom. The van der Waals surface area contributed by atoms with Crippen molar-refractivity contribution in [3.05, 3.63) is 33.9 Å². The smallest absolute Gasteiger partial charge is 0.313 e. The molecule has 1 atom stereocenters. The van der Waals surface area contributed by atoms with Gasteiger partial charge < -0.3 is 4.74 Å². The van der Waals surface area contributed by atoms with E-state index < -0.39 is 11.0 Å². The summed E-state index contributed by atoms with van der Waals surface area (Å²) < 4.78 is 5.26. The van der Waals surface area contributed by atoms with Gasteiger partial charge >= 0.3 is 5.69 Å². The van der Waals surface area contributed by atoms with Crippen molar-refractivity contribution in [2.45, 2.75) is 26.9 Å². The van der Waals surface area contributed by atoms with Crippen molar-refractivity contribution in [1.82, 2.24) is 0 Å². The molecule has 86 valence electrons. The van der Waals surface area contributed by atoms with E-state index in [9.17, 15) is 14.9 Å². The van der Waals surface area contributed by atoms with Crippen molar-refractivity contribution in [2.75, 3.05) is 0 Å². The highest BCUT2D eigenvalue weighted by Crippen LogP contribution is 2.30. The summed E-state index contributed by atoms with van der Waals surface area (Å²) in [5.74, 6) is -0.0384. The number of rotatable bonds is 4. The number of benzene rings is 1. The Balaban J connectivity index is 3.09. The minimum atomic E-state index is -0.680. The molecule has 0 radical (unpaired) electrons. The lowest BCUT2D eigenvalue weighted by atomic mass is 10.2. The first kappa shape index (κ1) is 12.2. The Labute approximate surface area is 93.2 Å². The second-order valence-corrected chi connectivity index (χ2v) is 3.55. The van der Waals surface area contributed by atoms with E-state index in [-0.39, 0.29) is 17.2 Å². The molecule has 1 aromatic rings. The molecule has 0 aliphatic carbocycles. The molecule has 0 N–H and O–H groups in total. The lowest BCUT2D eigenvalue weighted by Crippen LogP contribution is -2.21. The molecule has 0 bridgehead atoms. The number of aryl methyl sites for hydroxylation is 1. The number of ketones is 1. The van der Waals surface area contributed by atoms with E-state index in [0.717, 1.165) is 0 Å². The van der Waals surface area contributed by atoms with Crippen LogP contribution in [0.5, 0.6) is 5.75 Å². The van der Waals surface area contributed by atoms with Gasteiger partial charge in [-0.2, -0.15) is 0 Å². The summed E-state index contributed by atoms with van der Waals surface area (Å²) in [7, 11) is 0. The van der Waals surface area contributed by atoms with Gasteiger partial charge in [-0.05, 0) is 26.8 Å². The maximum atomic E-state index is 11.0. The van der Waals surface area contributed by atoms with Crippen LogP contribution in [0.25, 0.3) is 0 Å². The molecule has 1 aromatic carbocycles. The minimum absolute atomic E-state index is 0.0874. The summed E-state index contributed by atoms with van der Waals surface area (Å²) in [6, 6.07) is 4.78. The average molecular weight is 223 g/mol. The molecular formula is C11H13NO4. The van der Waals surface area contributed by atoms with Crippen LogP contribution in [0.2, 0.25) is 0 Å². The lowest BCUT2D eigenvalue weighted by Gasteiger charge is -2.12. The number of nitro groups is 1. The summed E-state index contributed by atoms with van der Waals surface area (Å²) in [6.45, 7) is 4.57. The van der Waals surface area contributed by atoms with E-state index in [4.69, 9.17) is 4.74 Å². The van der Waals surface area contributed by atoms with Crippen molar-refractivity contribution >= 4 is 11.5 Å². The van der Waals surface area contributed by atoms with Crippen molar-refractivity contribution in [1.29, 1.82) is 0 Å². The van der Waals surface area contributed by atoms with E-state index in [1.54, 1.807) is 26.0 Å². The Morgan fingerprint density at radius 3 is 2.62 bits per heavy atom. The molecule has 0 saturated carbocycles. The summed E-state index contributed by atoms with van der Waals surface area (Å²) in [5.41, 5.74) is 0.425. The zero-order valence-corrected chi connectivity index (χ0v) is 9.39. The molecule has 0 aliphatic heterocycles. The summed E-state index contributed by atoms with van der Waals surface area (Å²) >= 11 is 0. The fourth-order valence-corrected chi connectivity index (χ4v) is 1.23. The predicted octanol–water partition coefficient (Wildman–Crippen LogP) is 2.26. The van der Waals surface area contributed by atoms with E-state index in [0.29, 0.717) is 5.56 Å². The van der Waals surface area contributed by atoms with Gasteiger partial charge in [0.05, 0.1) is 4.92 Å². The van der Waals surface area contributed by atoms with Crippen LogP contribution >= 0.6 is 0 Å². The monoisotopic (exact) mass is 223 g/mol. The molecule has 0 heterocycles. The van der Waals surface area contributed by atoms with Gasteiger partial charge in [-0.25, -0.2) is 0 Å². The van der Waals surface area contributed by atoms with E-state index in [2.05, 4.69) is 0 Å². The molecular weight excluding hydrogens is 210 g/mol. The van der Waals surface area contributed by atoms with E-state index >= 15 is 0 Å². The second-order valence-electron chi connectivity index (χ2n) is 3.55. The number of nitro benzene ring substituents is 1. The Bertz CT molecular complexity index is 428. The first-order valence-corrected chi connectivity index (χ1v) is 4.84. The Hall–Kier alpha value is -1.91. The van der Waals surface area contributed by atoms with Gasteiger partial charge in [0, 0.05) is 5.56 Å². The molecule has 16 heavy (non-hydrogen) atoms. The summed E-state index contributed by atoms with van der Waals surface area (Å²) in [6.07, 6.45) is -0.680. The standard InChI is InChI=1S/C11H13NO4/c1-7-5-4-6-10(11(7)12(14)15)16-9(3)8(2)13/h4-6,9H,1-3H3. The Kier molecular flexibility index (Phi) is 3.60. The predicted molar refractivity (Wildman–Crippen MR) is 58.6 cm³/mol. The van der Waals surface area contributed by atoms with Gasteiger partial charge in [0.25, 0.3) is 0 Å². The number of carbonyl (C=O) groups excluding carboxylic acids is 1. The van der Waals surface area contributed by atoms with Crippen molar-refractivity contribution in [2.24, 2.45) is 0 Å². The van der Waals surface area contributed by atoms with Crippen molar-refractivity contribution < 1.29 is 14.5 Å². The van der Waals surface area contributed by atoms with Crippen LogP contribution in [0.15, 0.2) is 18.2 Å². The highest BCUT2D eigenvalue weighted by Gasteiger charge is 2.21. The lowest BCUT2D eigenvalue weighted by molar-refractivity contribution is -0.386. The normalized spacial score (nSPS) is 11.9. The molecule has 5 nitrogen and oxygen atoms in total. The van der Waals surface area contributed by atoms with Crippen LogP contribution in [0, 0.1) is 17.0 Å². The number of para-hydroxylation sites is 1. The number of hydrogen-bond acceptors (Lipinski definition) is 4. The third-order valence-corrected chi connectivity index (χ3v) is 2.26. The third kappa shape index (κ3) is 2.56. The van der Waals surface area contributed by atoms with E-state index in [1.165, 1.54) is 13.0 Å². The van der Waals surface area contributed by atoms with Crippen LogP contribution in [0.4, 0.5) is 5.69 Å². The topological polar surface area (TPSA) is 69.4 Å². The van der Waals surface area contributed by atoms with Crippen LogP contribution < -0.4 is 4.74 Å². The maximum absolute atomic E-state index is 11.0. The number of ether oxygens (including phenoxy) is 1. The van der Waals surface area contributed by atoms with Crippen molar-refractivity contribution in [3.63, 3.8) is 0 Å². The van der Waals surface area contributed by atoms with E-state index in [1.807, 2.05) is 0 Å². The molecule has 5 heteroatoms. The van der Waals surface area contributed by atoms with Gasteiger partial charge in [-0.3, -0.25) is 14.9 Å². The zero-order valence-electron chi connectivity index (χ0n) is 9.39. The van der Waals surface area contributed by atoms with Gasteiger partial charge in [0.15, 0.2) is 17.6 Å². The average Bonchev–Trinajstić information content (AvgIpc) is 2.16.